The van der Waals surface area contributed by atoms with E-state index in [-0.39, 0.29) is 5.91 Å². The zero-order chi connectivity index (χ0) is 19.0. The van der Waals surface area contributed by atoms with Gasteiger partial charge in [-0.3, -0.25) is 4.79 Å². The van der Waals surface area contributed by atoms with E-state index >= 15 is 0 Å². The van der Waals surface area contributed by atoms with Crippen molar-refractivity contribution >= 4 is 27.5 Å². The molecule has 1 aliphatic carbocycles. The van der Waals surface area contributed by atoms with Gasteiger partial charge in [0.25, 0.3) is 0 Å². The number of fused-ring (bicyclic) bond motifs is 2. The van der Waals surface area contributed by atoms with Crippen LogP contribution in [0.1, 0.15) is 49.3 Å². The van der Waals surface area contributed by atoms with Gasteiger partial charge in [0.1, 0.15) is 6.10 Å². The monoisotopic (exact) mass is 429 g/mol. The summed E-state index contributed by atoms with van der Waals surface area (Å²) in [6.45, 7) is -0.401. The zero-order valence-electron chi connectivity index (χ0n) is 15.1. The zero-order valence-corrected chi connectivity index (χ0v) is 16.7. The van der Waals surface area contributed by atoms with E-state index in [4.69, 9.17) is 0 Å². The third-order valence-electron chi connectivity index (χ3n) is 6.04. The van der Waals surface area contributed by atoms with Crippen LogP contribution in [0.25, 0.3) is 0 Å². The van der Waals surface area contributed by atoms with Crippen LogP contribution in [0.15, 0.2) is 53.0 Å². The Hall–Kier alpha value is -1.69. The second kappa shape index (κ2) is 7.38. The van der Waals surface area contributed by atoms with E-state index < -0.39 is 24.2 Å². The van der Waals surface area contributed by atoms with Gasteiger partial charge in [0, 0.05) is 10.2 Å². The van der Waals surface area contributed by atoms with Crippen LogP contribution in [0.2, 0.25) is 0 Å². The van der Waals surface area contributed by atoms with Crippen LogP contribution in [0, 0.1) is 0 Å². The molecule has 2 aliphatic rings. The smallest absolute Gasteiger partial charge is 0.238 e. The number of amides is 1. The summed E-state index contributed by atoms with van der Waals surface area (Å²) in [5.41, 5.74) is 2.22. The maximum atomic E-state index is 13.8. The van der Waals surface area contributed by atoms with E-state index in [0.717, 1.165) is 53.4 Å². The first kappa shape index (κ1) is 18.7. The highest BCUT2D eigenvalue weighted by Gasteiger charge is 2.53. The molecule has 5 heteroatoms. The van der Waals surface area contributed by atoms with Crippen molar-refractivity contribution in [1.82, 2.24) is 0 Å². The molecule has 1 aliphatic heterocycles. The molecule has 2 atom stereocenters. The molecule has 0 unspecified atom stereocenters. The minimum atomic E-state index is -1.05. The lowest BCUT2D eigenvalue weighted by Gasteiger charge is -2.36. The van der Waals surface area contributed by atoms with Crippen LogP contribution in [0.4, 0.5) is 5.69 Å². The minimum absolute atomic E-state index is 0.0525. The lowest BCUT2D eigenvalue weighted by molar-refractivity contribution is -0.125. The van der Waals surface area contributed by atoms with Crippen LogP contribution in [-0.4, -0.2) is 28.8 Å². The fourth-order valence-corrected chi connectivity index (χ4v) is 5.13. The number of carbonyl (C=O) groups excluding carboxylic acids is 1. The number of carbonyl (C=O) groups is 1. The van der Waals surface area contributed by atoms with E-state index in [1.165, 1.54) is 0 Å². The first-order chi connectivity index (χ1) is 13.1. The molecule has 1 spiro atoms. The average molecular weight is 430 g/mol. The maximum Gasteiger partial charge on any atom is 0.238 e. The molecule has 2 aromatic rings. The number of aliphatic hydroxyl groups is 2. The second-order valence-electron chi connectivity index (χ2n) is 7.58. The van der Waals surface area contributed by atoms with Crippen molar-refractivity contribution in [3.05, 3.63) is 64.1 Å². The van der Waals surface area contributed by atoms with Gasteiger partial charge in [0.05, 0.1) is 18.1 Å². The number of hydrogen-bond donors (Lipinski definition) is 2. The number of halogens is 1. The minimum Gasteiger partial charge on any atom is -0.394 e. The molecular formula is C22H24BrNO3. The van der Waals surface area contributed by atoms with Gasteiger partial charge >= 0.3 is 0 Å². The van der Waals surface area contributed by atoms with E-state index in [2.05, 4.69) is 22.0 Å². The summed E-state index contributed by atoms with van der Waals surface area (Å²) >= 11 is 3.56. The van der Waals surface area contributed by atoms with Crippen LogP contribution in [0.3, 0.4) is 0 Å². The van der Waals surface area contributed by atoms with Crippen molar-refractivity contribution in [3.63, 3.8) is 0 Å². The van der Waals surface area contributed by atoms with Crippen molar-refractivity contribution in [2.75, 3.05) is 11.5 Å². The lowest BCUT2D eigenvalue weighted by Crippen LogP contribution is -2.46. The van der Waals surface area contributed by atoms with Gasteiger partial charge in [-0.05, 0) is 42.2 Å². The first-order valence-corrected chi connectivity index (χ1v) is 10.4. The van der Waals surface area contributed by atoms with E-state index in [0.29, 0.717) is 0 Å². The molecule has 1 saturated carbocycles. The molecule has 0 saturated heterocycles. The SMILES string of the molecule is O=C1N([C@@H](c2ccccc2)[C@H](O)CO)c2ccc(Br)cc2C12CCCCC2. The van der Waals surface area contributed by atoms with Gasteiger partial charge in [-0.1, -0.05) is 65.5 Å². The summed E-state index contributed by atoms with van der Waals surface area (Å²) in [4.78, 5) is 15.5. The summed E-state index contributed by atoms with van der Waals surface area (Å²) < 4.78 is 0.958. The van der Waals surface area contributed by atoms with Gasteiger partial charge < -0.3 is 15.1 Å². The maximum absolute atomic E-state index is 13.8. The van der Waals surface area contributed by atoms with Gasteiger partial charge in [-0.25, -0.2) is 0 Å². The molecule has 0 bridgehead atoms. The van der Waals surface area contributed by atoms with Crippen LogP contribution in [-0.2, 0) is 10.2 Å². The number of anilines is 1. The molecule has 2 aromatic carbocycles. The number of hydrogen-bond acceptors (Lipinski definition) is 3. The number of benzene rings is 2. The van der Waals surface area contributed by atoms with Crippen LogP contribution < -0.4 is 4.90 Å². The quantitative estimate of drug-likeness (QED) is 0.768. The molecule has 1 heterocycles. The Kier molecular flexibility index (Phi) is 5.10. The van der Waals surface area contributed by atoms with Crippen molar-refractivity contribution in [2.24, 2.45) is 0 Å². The molecule has 4 rings (SSSR count). The molecule has 1 amide bonds. The molecule has 1 fully saturated rings. The summed E-state index contributed by atoms with van der Waals surface area (Å²) in [6.07, 6.45) is 3.84. The predicted octanol–water partition coefficient (Wildman–Crippen LogP) is 4.09. The largest absolute Gasteiger partial charge is 0.394 e. The summed E-state index contributed by atoms with van der Waals surface area (Å²) in [5.74, 6) is 0.0525. The number of aliphatic hydroxyl groups excluding tert-OH is 2. The highest BCUT2D eigenvalue weighted by atomic mass is 79.9. The topological polar surface area (TPSA) is 60.8 Å². The summed E-state index contributed by atoms with van der Waals surface area (Å²) in [5, 5.41) is 20.4. The average Bonchev–Trinajstić information content (AvgIpc) is 2.92. The molecule has 4 nitrogen and oxygen atoms in total. The Labute approximate surface area is 168 Å². The molecule has 0 radical (unpaired) electrons. The standard InChI is InChI=1S/C22H24BrNO3/c23-16-9-10-18-17(13-16)22(11-5-2-6-12-22)21(27)24(18)20(19(26)14-25)15-7-3-1-4-8-15/h1,3-4,7-10,13,19-20,25-26H,2,5-6,11-12,14H2/t19-,20+/m1/s1. The van der Waals surface area contributed by atoms with E-state index in [9.17, 15) is 15.0 Å². The number of nitrogens with zero attached hydrogens (tertiary/aromatic N) is 1. The lowest BCUT2D eigenvalue weighted by atomic mass is 9.70. The summed E-state index contributed by atoms with van der Waals surface area (Å²) in [6, 6.07) is 14.9. The van der Waals surface area contributed by atoms with Crippen molar-refractivity contribution < 1.29 is 15.0 Å². The Balaban J connectivity index is 1.88. The molecule has 27 heavy (non-hydrogen) atoms. The van der Waals surface area contributed by atoms with Gasteiger partial charge in [0.15, 0.2) is 0 Å². The van der Waals surface area contributed by atoms with E-state index in [1.807, 2.05) is 42.5 Å². The van der Waals surface area contributed by atoms with E-state index in [1.54, 1.807) is 4.90 Å². The normalized spacial score (nSPS) is 20.6. The van der Waals surface area contributed by atoms with Gasteiger partial charge in [-0.15, -0.1) is 0 Å². The Morgan fingerprint density at radius 3 is 2.44 bits per heavy atom. The van der Waals surface area contributed by atoms with Gasteiger partial charge in [-0.2, -0.15) is 0 Å². The van der Waals surface area contributed by atoms with Crippen molar-refractivity contribution in [2.45, 2.75) is 49.7 Å². The molecule has 142 valence electrons. The molecular weight excluding hydrogens is 406 g/mol. The first-order valence-electron chi connectivity index (χ1n) is 9.56. The molecule has 2 N–H and O–H groups in total. The highest BCUT2D eigenvalue weighted by molar-refractivity contribution is 9.10. The highest BCUT2D eigenvalue weighted by Crippen LogP contribution is 2.53. The third kappa shape index (κ3) is 3.02. The van der Waals surface area contributed by atoms with Crippen LogP contribution >= 0.6 is 15.9 Å². The van der Waals surface area contributed by atoms with Crippen molar-refractivity contribution in [3.8, 4) is 0 Å². The Morgan fingerprint density at radius 1 is 1.07 bits per heavy atom. The van der Waals surface area contributed by atoms with Crippen LogP contribution in [0.5, 0.6) is 0 Å². The third-order valence-corrected chi connectivity index (χ3v) is 6.53. The Bertz CT molecular complexity index is 833. The second-order valence-corrected chi connectivity index (χ2v) is 8.50. The number of rotatable bonds is 4. The van der Waals surface area contributed by atoms with Gasteiger partial charge in [0.2, 0.25) is 5.91 Å². The summed E-state index contributed by atoms with van der Waals surface area (Å²) in [7, 11) is 0. The fourth-order valence-electron chi connectivity index (χ4n) is 4.76. The Morgan fingerprint density at radius 2 is 1.78 bits per heavy atom. The van der Waals surface area contributed by atoms with Crippen molar-refractivity contribution in [1.29, 1.82) is 0 Å². The predicted molar refractivity (Wildman–Crippen MR) is 109 cm³/mol. The molecule has 0 aromatic heterocycles. The fraction of sp³-hybridized carbons (Fsp3) is 0.409.